The molecular weight excluding hydrogens is 769 g/mol. The predicted octanol–water partition coefficient (Wildman–Crippen LogP) is 3.35. The van der Waals surface area contributed by atoms with Crippen molar-refractivity contribution >= 4 is 11.8 Å². The lowest BCUT2D eigenvalue weighted by Crippen LogP contribution is -2.63. The number of aliphatic hydroxyl groups excluding tert-OH is 4. The van der Waals surface area contributed by atoms with Crippen LogP contribution >= 0.6 is 0 Å². The van der Waals surface area contributed by atoms with E-state index in [2.05, 4.69) is 32.7 Å². The van der Waals surface area contributed by atoms with E-state index < -0.39 is 72.7 Å². The molecule has 2 aliphatic heterocycles. The minimum atomic E-state index is -1.25. The maximum absolute atomic E-state index is 13.7. The van der Waals surface area contributed by atoms with Crippen molar-refractivity contribution in [3.63, 3.8) is 0 Å². The molecule has 0 spiro atoms. The van der Waals surface area contributed by atoms with Crippen molar-refractivity contribution in [1.82, 2.24) is 30.1 Å². The first-order valence-electron chi connectivity index (χ1n) is 21.2. The smallest absolute Gasteiger partial charge is 0.308 e. The maximum Gasteiger partial charge on any atom is 0.308 e. The minimum Gasteiger partial charge on any atom is -0.462 e. The average Bonchev–Trinajstić information content (AvgIpc) is 3.65. The van der Waals surface area contributed by atoms with Gasteiger partial charge < -0.3 is 49.8 Å². The van der Waals surface area contributed by atoms with Crippen LogP contribution in [0.25, 0.3) is 0 Å². The molecule has 5 N–H and O–H groups in total. The van der Waals surface area contributed by atoms with E-state index in [1.165, 1.54) is 5.56 Å². The van der Waals surface area contributed by atoms with Gasteiger partial charge in [0, 0.05) is 43.6 Å². The number of hydrogen-bond acceptors (Lipinski definition) is 14. The number of cyclic esters (lactones) is 1. The highest BCUT2D eigenvalue weighted by molar-refractivity contribution is 5.91. The Morgan fingerprint density at radius 2 is 1.75 bits per heavy atom. The number of aromatic nitrogens is 3. The summed E-state index contributed by atoms with van der Waals surface area (Å²) in [6.07, 6.45) is 1.23. The molecular formula is C45H74N6O9. The second-order valence-corrected chi connectivity index (χ2v) is 16.9. The van der Waals surface area contributed by atoms with Crippen molar-refractivity contribution in [2.75, 3.05) is 40.8 Å². The molecule has 0 saturated carbocycles. The number of carbonyl (C=O) groups excluding carboxylic acids is 2. The van der Waals surface area contributed by atoms with Crippen LogP contribution in [0.3, 0.4) is 0 Å². The van der Waals surface area contributed by atoms with Gasteiger partial charge in [0.1, 0.15) is 12.2 Å². The molecule has 1 saturated heterocycles. The van der Waals surface area contributed by atoms with E-state index >= 15 is 0 Å². The molecule has 2 aliphatic rings. The summed E-state index contributed by atoms with van der Waals surface area (Å²) in [5.74, 6) is -2.71. The van der Waals surface area contributed by atoms with Gasteiger partial charge in [-0.1, -0.05) is 81.5 Å². The SMILES string of the molecule is C.CC[C@H]1OC(=O)C[C@@H](O)[C@H](C)[C@@H](O[C@@H]2O[C@H](C)[C@@H](O)C(N(C)C)C2O)[C@@H](CCN(C)Cc2cn(CCNCc3ccccc3)nn2)C[C@@H](C)C(=O)/C=C/C(C)=C/[C@@H]1CO. The van der Waals surface area contributed by atoms with E-state index in [-0.39, 0.29) is 32.2 Å². The van der Waals surface area contributed by atoms with Crippen LogP contribution in [-0.4, -0.2) is 147 Å². The fraction of sp³-hybridized carbons (Fsp3) is 0.689. The second-order valence-electron chi connectivity index (χ2n) is 16.9. The summed E-state index contributed by atoms with van der Waals surface area (Å²) in [5, 5.41) is 56.6. The first kappa shape index (κ1) is 51.0. The Morgan fingerprint density at radius 1 is 1.03 bits per heavy atom. The van der Waals surface area contributed by atoms with Crippen LogP contribution in [0, 0.1) is 23.7 Å². The molecule has 4 rings (SSSR count). The molecule has 1 fully saturated rings. The van der Waals surface area contributed by atoms with E-state index in [0.717, 1.165) is 24.4 Å². The molecule has 1 aromatic heterocycles. The largest absolute Gasteiger partial charge is 0.462 e. The molecule has 12 atom stereocenters. The fourth-order valence-electron chi connectivity index (χ4n) is 8.14. The Bertz CT molecular complexity index is 1640. The number of ketones is 1. The van der Waals surface area contributed by atoms with Crippen molar-refractivity contribution in [3.05, 3.63) is 71.6 Å². The van der Waals surface area contributed by atoms with Gasteiger partial charge >= 0.3 is 5.97 Å². The Labute approximate surface area is 357 Å². The van der Waals surface area contributed by atoms with Gasteiger partial charge in [0.05, 0.1) is 55.7 Å². The third kappa shape index (κ3) is 14.9. The number of allylic oxidation sites excluding steroid dienone is 3. The average molecular weight is 843 g/mol. The van der Waals surface area contributed by atoms with Crippen LogP contribution in [0.5, 0.6) is 0 Å². The number of likely N-dealkylation sites (N-methyl/N-ethyl adjacent to an activating group) is 1. The molecule has 1 aromatic carbocycles. The molecule has 15 heteroatoms. The van der Waals surface area contributed by atoms with Gasteiger partial charge in [0.15, 0.2) is 12.1 Å². The van der Waals surface area contributed by atoms with E-state index in [0.29, 0.717) is 38.9 Å². The lowest BCUT2D eigenvalue weighted by Gasteiger charge is -2.46. The number of esters is 1. The van der Waals surface area contributed by atoms with Crippen LogP contribution in [-0.2, 0) is 43.4 Å². The molecule has 0 amide bonds. The molecule has 2 unspecified atom stereocenters. The molecule has 2 aromatic rings. The van der Waals surface area contributed by atoms with E-state index in [1.807, 2.05) is 56.9 Å². The summed E-state index contributed by atoms with van der Waals surface area (Å²) in [7, 11) is 5.51. The quantitative estimate of drug-likeness (QED) is 0.130. The lowest BCUT2D eigenvalue weighted by molar-refractivity contribution is -0.304. The van der Waals surface area contributed by atoms with Crippen LogP contribution in [0.15, 0.2) is 60.3 Å². The molecule has 0 radical (unpaired) electrons. The second kappa shape index (κ2) is 24.9. The van der Waals surface area contributed by atoms with Gasteiger partial charge in [-0.3, -0.25) is 14.3 Å². The zero-order valence-electron chi connectivity index (χ0n) is 36.3. The summed E-state index contributed by atoms with van der Waals surface area (Å²) < 4.78 is 20.5. The maximum atomic E-state index is 13.7. The van der Waals surface area contributed by atoms with Crippen LogP contribution in [0.4, 0.5) is 0 Å². The highest BCUT2D eigenvalue weighted by atomic mass is 16.7. The number of rotatable bonds is 15. The van der Waals surface area contributed by atoms with E-state index in [1.54, 1.807) is 51.1 Å². The minimum absolute atomic E-state index is 0. The number of aliphatic hydroxyl groups is 4. The van der Waals surface area contributed by atoms with Crippen molar-refractivity contribution in [3.8, 4) is 0 Å². The number of carbonyl (C=O) groups is 2. The van der Waals surface area contributed by atoms with Crippen molar-refractivity contribution in [1.29, 1.82) is 0 Å². The third-order valence-corrected chi connectivity index (χ3v) is 11.8. The van der Waals surface area contributed by atoms with E-state index in [9.17, 15) is 30.0 Å². The summed E-state index contributed by atoms with van der Waals surface area (Å²) >= 11 is 0. The third-order valence-electron chi connectivity index (χ3n) is 11.8. The zero-order valence-corrected chi connectivity index (χ0v) is 36.3. The van der Waals surface area contributed by atoms with Gasteiger partial charge in [-0.25, -0.2) is 0 Å². The molecule has 60 heavy (non-hydrogen) atoms. The zero-order chi connectivity index (χ0) is 43.2. The van der Waals surface area contributed by atoms with E-state index in [4.69, 9.17) is 14.2 Å². The standard InChI is InChI=1S/C44H70N6O9.CH4/c1-9-38-34(27-51)21-28(2)15-16-36(52)29(3)22-33(17-19-49(8)25-35-26-50(47-46-35)20-18-45-24-32-13-11-10-12-14-32)43(30(4)37(53)23-39(54)58-38)59-44-42(56)40(48(6)7)41(55)31(5)57-44;/h10-16,21,26,29-31,33-34,37-38,40-45,51,53,55-56H,9,17-20,22-25,27H2,1-8H3;1H4/b16-15+,28-21+;/t29-,30+,31-,33+,34-,37-,38-,40?,41-,42?,43-,44+;/m1./s1. The highest BCUT2D eigenvalue weighted by Crippen LogP contribution is 2.35. The Morgan fingerprint density at radius 3 is 2.42 bits per heavy atom. The first-order chi connectivity index (χ1) is 28.1. The number of benzene rings is 1. The van der Waals surface area contributed by atoms with Crippen molar-refractivity contribution < 1.29 is 44.2 Å². The Hall–Kier alpha value is -3.38. The molecule has 0 aliphatic carbocycles. The van der Waals surface area contributed by atoms with Crippen molar-refractivity contribution in [2.24, 2.45) is 23.7 Å². The summed E-state index contributed by atoms with van der Waals surface area (Å²) in [4.78, 5) is 30.9. The van der Waals surface area contributed by atoms with Crippen LogP contribution in [0.1, 0.15) is 79.0 Å². The molecule has 15 nitrogen and oxygen atoms in total. The van der Waals surface area contributed by atoms with Gasteiger partial charge in [0.2, 0.25) is 0 Å². The number of nitrogens with zero attached hydrogens (tertiary/aromatic N) is 5. The summed E-state index contributed by atoms with van der Waals surface area (Å²) in [5.41, 5.74) is 2.76. The van der Waals surface area contributed by atoms with Crippen LogP contribution < -0.4 is 5.32 Å². The lowest BCUT2D eigenvalue weighted by atomic mass is 9.79. The number of nitrogens with one attached hydrogen (secondary N) is 1. The monoisotopic (exact) mass is 843 g/mol. The summed E-state index contributed by atoms with van der Waals surface area (Å²) in [6, 6.07) is 9.51. The van der Waals surface area contributed by atoms with Gasteiger partial charge in [-0.05, 0) is 78.4 Å². The predicted molar refractivity (Wildman–Crippen MR) is 230 cm³/mol. The van der Waals surface area contributed by atoms with Crippen molar-refractivity contribution in [2.45, 2.75) is 136 Å². The topological polar surface area (TPSA) is 192 Å². The molecule has 0 bridgehead atoms. The van der Waals surface area contributed by atoms with Gasteiger partial charge in [0.25, 0.3) is 0 Å². The first-order valence-corrected chi connectivity index (χ1v) is 21.2. The van der Waals surface area contributed by atoms with Crippen LogP contribution in [0.2, 0.25) is 0 Å². The Balaban J connectivity index is 0.00000961. The number of ether oxygens (including phenoxy) is 3. The fourth-order valence-corrected chi connectivity index (χ4v) is 8.14. The number of hydrogen-bond donors (Lipinski definition) is 5. The molecule has 338 valence electrons. The Kier molecular flexibility index (Phi) is 21.2. The molecule has 3 heterocycles. The summed E-state index contributed by atoms with van der Waals surface area (Å²) in [6.45, 7) is 12.0. The van der Waals surface area contributed by atoms with Gasteiger partial charge in [-0.2, -0.15) is 0 Å². The highest BCUT2D eigenvalue weighted by Gasteiger charge is 2.47. The normalized spacial score (nSPS) is 32.6. The van der Waals surface area contributed by atoms with Gasteiger partial charge in [-0.15, -0.1) is 5.10 Å².